The molecule has 1 heterocycles. The van der Waals surface area contributed by atoms with Crippen molar-refractivity contribution in [3.63, 3.8) is 0 Å². The van der Waals surface area contributed by atoms with Gasteiger partial charge in [0.2, 0.25) is 0 Å². The molecule has 0 radical (unpaired) electrons. The van der Waals surface area contributed by atoms with Gasteiger partial charge in [0.1, 0.15) is 17.3 Å². The maximum atomic E-state index is 13.3. The zero-order valence-electron chi connectivity index (χ0n) is 17.2. The Balaban J connectivity index is 1.51. The van der Waals surface area contributed by atoms with Crippen molar-refractivity contribution in [1.82, 2.24) is 10.6 Å². The Bertz CT molecular complexity index is 821. The monoisotopic (exact) mass is 400 g/mol. The van der Waals surface area contributed by atoms with E-state index in [1.54, 1.807) is 33.4 Å². The van der Waals surface area contributed by atoms with Crippen LogP contribution in [0.1, 0.15) is 12.0 Å². The van der Waals surface area contributed by atoms with Crippen LogP contribution in [0.15, 0.2) is 47.5 Å². The largest absolute Gasteiger partial charge is 0.497 e. The van der Waals surface area contributed by atoms with Crippen LogP contribution in [0, 0.1) is 5.82 Å². The second-order valence-corrected chi connectivity index (χ2v) is 7.03. The highest BCUT2D eigenvalue weighted by Crippen LogP contribution is 2.30. The van der Waals surface area contributed by atoms with Gasteiger partial charge in [-0.3, -0.25) is 4.99 Å². The lowest BCUT2D eigenvalue weighted by Crippen LogP contribution is -2.45. The third kappa shape index (κ3) is 5.76. The van der Waals surface area contributed by atoms with Crippen molar-refractivity contribution in [3.8, 4) is 11.5 Å². The van der Waals surface area contributed by atoms with Gasteiger partial charge in [0, 0.05) is 56.6 Å². The number of benzene rings is 2. The molecule has 0 aromatic heterocycles. The predicted octanol–water partition coefficient (Wildman–Crippen LogP) is 2.83. The molecule has 1 aliphatic heterocycles. The molecule has 0 bridgehead atoms. The first kappa shape index (κ1) is 20.8. The van der Waals surface area contributed by atoms with E-state index in [9.17, 15) is 4.39 Å². The topological polar surface area (TPSA) is 58.1 Å². The van der Waals surface area contributed by atoms with Crippen molar-refractivity contribution >= 4 is 11.6 Å². The summed E-state index contributed by atoms with van der Waals surface area (Å²) in [6.07, 6.45) is 1.74. The van der Waals surface area contributed by atoms with E-state index in [1.807, 2.05) is 24.3 Å². The molecule has 1 saturated heterocycles. The van der Waals surface area contributed by atoms with E-state index >= 15 is 0 Å². The van der Waals surface area contributed by atoms with Crippen LogP contribution >= 0.6 is 0 Å². The number of rotatable bonds is 7. The first-order chi connectivity index (χ1) is 14.1. The first-order valence-corrected chi connectivity index (χ1v) is 9.81. The SMILES string of the molecule is CN=C(NCCc1cccc(F)c1)NC1CCN(c2cc(OC)cc(OC)c2)C1. The lowest BCUT2D eigenvalue weighted by molar-refractivity contribution is 0.394. The van der Waals surface area contributed by atoms with Gasteiger partial charge in [0.25, 0.3) is 0 Å². The maximum absolute atomic E-state index is 13.3. The first-order valence-electron chi connectivity index (χ1n) is 9.81. The molecular weight excluding hydrogens is 371 g/mol. The van der Waals surface area contributed by atoms with Gasteiger partial charge in [0.05, 0.1) is 14.2 Å². The predicted molar refractivity (Wildman–Crippen MR) is 115 cm³/mol. The van der Waals surface area contributed by atoms with Gasteiger partial charge in [-0.1, -0.05) is 12.1 Å². The lowest BCUT2D eigenvalue weighted by atomic mass is 10.1. The summed E-state index contributed by atoms with van der Waals surface area (Å²) in [4.78, 5) is 6.62. The smallest absolute Gasteiger partial charge is 0.191 e. The highest BCUT2D eigenvalue weighted by Gasteiger charge is 2.24. The number of aliphatic imine (C=N–C) groups is 1. The standard InChI is InChI=1S/C22H29FN4O2/c1-24-22(25-9-7-16-5-4-6-17(23)11-16)26-18-8-10-27(15-18)19-12-20(28-2)14-21(13-19)29-3/h4-6,11-14,18H,7-10,15H2,1-3H3,(H2,24,25,26). The van der Waals surface area contributed by atoms with Crippen molar-refractivity contribution < 1.29 is 13.9 Å². The molecular formula is C22H29FN4O2. The quantitative estimate of drug-likeness (QED) is 0.553. The number of guanidine groups is 1. The number of methoxy groups -OCH3 is 2. The fourth-order valence-electron chi connectivity index (χ4n) is 3.49. The zero-order chi connectivity index (χ0) is 20.6. The summed E-state index contributed by atoms with van der Waals surface area (Å²) >= 11 is 0. The fourth-order valence-corrected chi connectivity index (χ4v) is 3.49. The van der Waals surface area contributed by atoms with E-state index in [4.69, 9.17) is 9.47 Å². The van der Waals surface area contributed by atoms with Crippen LogP contribution in [-0.4, -0.2) is 52.9 Å². The Hall–Kier alpha value is -2.96. The van der Waals surface area contributed by atoms with E-state index in [1.165, 1.54) is 6.07 Å². The summed E-state index contributed by atoms with van der Waals surface area (Å²) in [5.74, 6) is 2.12. The third-order valence-electron chi connectivity index (χ3n) is 5.05. The summed E-state index contributed by atoms with van der Waals surface area (Å²) in [5, 5.41) is 6.79. The summed E-state index contributed by atoms with van der Waals surface area (Å²) in [6.45, 7) is 2.49. The van der Waals surface area contributed by atoms with Gasteiger partial charge in [0.15, 0.2) is 5.96 Å². The van der Waals surface area contributed by atoms with Crippen LogP contribution in [0.3, 0.4) is 0 Å². The van der Waals surface area contributed by atoms with Crippen molar-refractivity contribution in [2.24, 2.45) is 4.99 Å². The summed E-state index contributed by atoms with van der Waals surface area (Å²) in [7, 11) is 5.08. The van der Waals surface area contributed by atoms with Crippen LogP contribution in [0.5, 0.6) is 11.5 Å². The lowest BCUT2D eigenvalue weighted by Gasteiger charge is -2.21. The minimum absolute atomic E-state index is 0.203. The minimum atomic E-state index is -0.203. The number of halogens is 1. The number of hydrogen-bond acceptors (Lipinski definition) is 4. The molecule has 2 aromatic carbocycles. The second kappa shape index (κ2) is 10.0. The molecule has 0 amide bonds. The van der Waals surface area contributed by atoms with E-state index < -0.39 is 0 Å². The van der Waals surface area contributed by atoms with Gasteiger partial charge in [-0.15, -0.1) is 0 Å². The Morgan fingerprint density at radius 3 is 2.59 bits per heavy atom. The van der Waals surface area contributed by atoms with Crippen molar-refractivity contribution in [2.45, 2.75) is 18.9 Å². The normalized spacial score (nSPS) is 16.6. The van der Waals surface area contributed by atoms with Crippen molar-refractivity contribution in [1.29, 1.82) is 0 Å². The maximum Gasteiger partial charge on any atom is 0.191 e. The minimum Gasteiger partial charge on any atom is -0.497 e. The summed E-state index contributed by atoms with van der Waals surface area (Å²) in [5.41, 5.74) is 2.05. The van der Waals surface area contributed by atoms with Crippen LogP contribution in [0.4, 0.5) is 10.1 Å². The van der Waals surface area contributed by atoms with Crippen LogP contribution < -0.4 is 25.0 Å². The molecule has 7 heteroatoms. The number of nitrogens with zero attached hydrogens (tertiary/aromatic N) is 2. The Morgan fingerprint density at radius 2 is 1.93 bits per heavy atom. The van der Waals surface area contributed by atoms with Crippen LogP contribution in [0.25, 0.3) is 0 Å². The van der Waals surface area contributed by atoms with Crippen LogP contribution in [-0.2, 0) is 6.42 Å². The zero-order valence-corrected chi connectivity index (χ0v) is 17.2. The molecule has 0 saturated carbocycles. The van der Waals surface area contributed by atoms with Crippen LogP contribution in [0.2, 0.25) is 0 Å². The van der Waals surface area contributed by atoms with Gasteiger partial charge >= 0.3 is 0 Å². The molecule has 1 aliphatic rings. The molecule has 1 unspecified atom stereocenters. The Morgan fingerprint density at radius 1 is 1.17 bits per heavy atom. The molecule has 29 heavy (non-hydrogen) atoms. The number of nitrogens with one attached hydrogen (secondary N) is 2. The Kier molecular flexibility index (Phi) is 7.16. The van der Waals surface area contributed by atoms with E-state index in [0.717, 1.165) is 54.6 Å². The average molecular weight is 400 g/mol. The summed E-state index contributed by atoms with van der Waals surface area (Å²) < 4.78 is 24.0. The highest BCUT2D eigenvalue weighted by molar-refractivity contribution is 5.80. The number of hydrogen-bond donors (Lipinski definition) is 2. The van der Waals surface area contributed by atoms with Crippen molar-refractivity contribution in [3.05, 3.63) is 53.8 Å². The van der Waals surface area contributed by atoms with E-state index in [2.05, 4.69) is 20.5 Å². The van der Waals surface area contributed by atoms with E-state index in [0.29, 0.717) is 6.54 Å². The number of ether oxygens (including phenoxy) is 2. The molecule has 0 spiro atoms. The molecule has 0 aliphatic carbocycles. The molecule has 1 fully saturated rings. The van der Waals surface area contributed by atoms with E-state index in [-0.39, 0.29) is 11.9 Å². The number of anilines is 1. The van der Waals surface area contributed by atoms with Gasteiger partial charge < -0.3 is 25.0 Å². The Labute approximate surface area is 171 Å². The molecule has 2 N–H and O–H groups in total. The summed E-state index contributed by atoms with van der Waals surface area (Å²) in [6, 6.07) is 12.9. The average Bonchev–Trinajstić information content (AvgIpc) is 3.21. The molecule has 2 aromatic rings. The molecule has 156 valence electrons. The fraction of sp³-hybridized carbons (Fsp3) is 0.409. The second-order valence-electron chi connectivity index (χ2n) is 7.03. The molecule has 6 nitrogen and oxygen atoms in total. The molecule has 3 rings (SSSR count). The van der Waals surface area contributed by atoms with Crippen molar-refractivity contribution in [2.75, 3.05) is 45.8 Å². The van der Waals surface area contributed by atoms with Gasteiger partial charge in [-0.25, -0.2) is 4.39 Å². The third-order valence-corrected chi connectivity index (χ3v) is 5.05. The molecule has 1 atom stereocenters. The highest BCUT2D eigenvalue weighted by atomic mass is 19.1. The van der Waals surface area contributed by atoms with Gasteiger partial charge in [-0.05, 0) is 30.5 Å². The van der Waals surface area contributed by atoms with Gasteiger partial charge in [-0.2, -0.15) is 0 Å².